The third-order valence-electron chi connectivity index (χ3n) is 4.73. The molecule has 0 amide bonds. The summed E-state index contributed by atoms with van der Waals surface area (Å²) < 4.78 is 11.2. The average Bonchev–Trinajstić information content (AvgIpc) is 3.08. The lowest BCUT2D eigenvalue weighted by atomic mass is 9.88. The van der Waals surface area contributed by atoms with Gasteiger partial charge in [-0.25, -0.2) is 9.79 Å². The van der Waals surface area contributed by atoms with E-state index in [-0.39, 0.29) is 24.2 Å². The molecule has 1 heterocycles. The Morgan fingerprint density at radius 2 is 1.96 bits per heavy atom. The van der Waals surface area contributed by atoms with E-state index in [2.05, 4.69) is 4.99 Å². The summed E-state index contributed by atoms with van der Waals surface area (Å²) >= 11 is 0. The van der Waals surface area contributed by atoms with Crippen LogP contribution in [0.5, 0.6) is 0 Å². The van der Waals surface area contributed by atoms with Crippen molar-refractivity contribution in [3.63, 3.8) is 0 Å². The maximum atomic E-state index is 12.3. The average molecular weight is 346 g/mol. The maximum Gasteiger partial charge on any atom is 0.355 e. The van der Waals surface area contributed by atoms with E-state index in [1.54, 1.807) is 19.1 Å². The van der Waals surface area contributed by atoms with Crippen LogP contribution in [0.1, 0.15) is 50.7 Å². The molecule has 0 aromatic heterocycles. The zero-order valence-electron chi connectivity index (χ0n) is 14.2. The highest BCUT2D eigenvalue weighted by Crippen LogP contribution is 2.37. The Labute approximate surface area is 146 Å². The summed E-state index contributed by atoms with van der Waals surface area (Å²) in [5.41, 5.74) is 0.933. The molecule has 1 aromatic rings. The molecule has 1 saturated carbocycles. The number of benzene rings is 1. The maximum absolute atomic E-state index is 12.3. The van der Waals surface area contributed by atoms with Crippen molar-refractivity contribution in [2.75, 3.05) is 6.61 Å². The minimum absolute atomic E-state index is 0.000186. The molecule has 0 bridgehead atoms. The van der Waals surface area contributed by atoms with Gasteiger partial charge in [0.05, 0.1) is 11.5 Å². The second kappa shape index (κ2) is 7.74. The van der Waals surface area contributed by atoms with Gasteiger partial charge < -0.3 is 9.47 Å². The second-order valence-corrected chi connectivity index (χ2v) is 6.39. The summed E-state index contributed by atoms with van der Waals surface area (Å²) in [4.78, 5) is 27.2. The van der Waals surface area contributed by atoms with E-state index in [1.807, 2.05) is 0 Å². The number of hydrogen-bond acceptors (Lipinski definition) is 6. The molecule has 1 fully saturated rings. The number of carbonyl (C=O) groups excluding carboxylic acids is 1. The van der Waals surface area contributed by atoms with Gasteiger partial charge in [0, 0.05) is 18.1 Å². The van der Waals surface area contributed by atoms with Crippen molar-refractivity contribution in [3.05, 3.63) is 39.9 Å². The largest absolute Gasteiger partial charge is 0.461 e. The molecule has 134 valence electrons. The van der Waals surface area contributed by atoms with Crippen molar-refractivity contribution in [1.29, 1.82) is 0 Å². The van der Waals surface area contributed by atoms with E-state index in [0.29, 0.717) is 11.5 Å². The smallest absolute Gasteiger partial charge is 0.355 e. The number of non-ortho nitro benzene ring substituents is 1. The van der Waals surface area contributed by atoms with Crippen molar-refractivity contribution in [1.82, 2.24) is 0 Å². The van der Waals surface area contributed by atoms with Gasteiger partial charge in [0.1, 0.15) is 6.10 Å². The first-order chi connectivity index (χ1) is 12.1. The van der Waals surface area contributed by atoms with E-state index >= 15 is 0 Å². The Balaban J connectivity index is 1.84. The highest BCUT2D eigenvalue weighted by Gasteiger charge is 2.39. The lowest BCUT2D eigenvalue weighted by Gasteiger charge is -2.25. The minimum atomic E-state index is -0.633. The van der Waals surface area contributed by atoms with Crippen LogP contribution in [-0.4, -0.2) is 29.4 Å². The molecule has 0 radical (unpaired) electrons. The zero-order chi connectivity index (χ0) is 17.8. The van der Waals surface area contributed by atoms with Gasteiger partial charge in [-0.3, -0.25) is 10.1 Å². The molecule has 0 saturated heterocycles. The molecule has 25 heavy (non-hydrogen) atoms. The summed E-state index contributed by atoms with van der Waals surface area (Å²) in [7, 11) is 0. The van der Waals surface area contributed by atoms with Crippen LogP contribution < -0.4 is 0 Å². The first kappa shape index (κ1) is 17.5. The van der Waals surface area contributed by atoms with Crippen molar-refractivity contribution in [3.8, 4) is 0 Å². The quantitative estimate of drug-likeness (QED) is 0.462. The number of rotatable bonds is 5. The van der Waals surface area contributed by atoms with Crippen LogP contribution in [-0.2, 0) is 14.3 Å². The number of esters is 1. The number of nitro groups is 1. The van der Waals surface area contributed by atoms with Gasteiger partial charge in [-0.15, -0.1) is 0 Å². The summed E-state index contributed by atoms with van der Waals surface area (Å²) in [6, 6.07) is 6.05. The summed E-state index contributed by atoms with van der Waals surface area (Å²) in [5.74, 6) is -0.176. The monoisotopic (exact) mass is 346 g/mol. The van der Waals surface area contributed by atoms with Crippen LogP contribution in [0, 0.1) is 16.0 Å². The third-order valence-corrected chi connectivity index (χ3v) is 4.73. The second-order valence-electron chi connectivity index (χ2n) is 6.39. The molecule has 2 aliphatic rings. The Hall–Kier alpha value is -2.28. The van der Waals surface area contributed by atoms with Gasteiger partial charge in [0.2, 0.25) is 0 Å². The van der Waals surface area contributed by atoms with E-state index in [4.69, 9.17) is 9.47 Å². The van der Waals surface area contributed by atoms with E-state index in [0.717, 1.165) is 25.7 Å². The van der Waals surface area contributed by atoms with E-state index in [9.17, 15) is 14.9 Å². The van der Waals surface area contributed by atoms with Crippen molar-refractivity contribution in [2.24, 2.45) is 10.9 Å². The molecular weight excluding hydrogens is 324 g/mol. The summed E-state index contributed by atoms with van der Waals surface area (Å²) in [6.45, 7) is 2.01. The molecule has 7 nitrogen and oxygen atoms in total. The Morgan fingerprint density at radius 3 is 2.56 bits per heavy atom. The Kier molecular flexibility index (Phi) is 5.43. The molecule has 2 atom stereocenters. The predicted molar refractivity (Wildman–Crippen MR) is 91.4 cm³/mol. The number of aliphatic imine (C=N–C) groups is 1. The van der Waals surface area contributed by atoms with Gasteiger partial charge in [-0.1, -0.05) is 19.3 Å². The molecule has 3 rings (SSSR count). The molecular formula is C18H22N2O5. The molecule has 1 aliphatic carbocycles. The van der Waals surface area contributed by atoms with Gasteiger partial charge in [-0.05, 0) is 37.5 Å². The van der Waals surface area contributed by atoms with Crippen LogP contribution >= 0.6 is 0 Å². The fourth-order valence-corrected chi connectivity index (χ4v) is 3.45. The van der Waals surface area contributed by atoms with E-state index in [1.165, 1.54) is 18.6 Å². The first-order valence-corrected chi connectivity index (χ1v) is 8.74. The van der Waals surface area contributed by atoms with Crippen molar-refractivity contribution < 1.29 is 19.2 Å². The molecule has 1 aromatic carbocycles. The third kappa shape index (κ3) is 3.87. The summed E-state index contributed by atoms with van der Waals surface area (Å²) in [6.07, 6.45) is 4.62. The Bertz CT molecular complexity index is 665. The van der Waals surface area contributed by atoms with Gasteiger partial charge in [0.15, 0.2) is 11.9 Å². The van der Waals surface area contributed by atoms with Crippen LogP contribution in [0.3, 0.4) is 0 Å². The van der Waals surface area contributed by atoms with Crippen LogP contribution in [0.4, 0.5) is 5.69 Å². The van der Waals surface area contributed by atoms with Crippen LogP contribution in [0.15, 0.2) is 29.3 Å². The number of nitrogens with zero attached hydrogens (tertiary/aromatic N) is 2. The van der Waals surface area contributed by atoms with Gasteiger partial charge in [0.25, 0.3) is 5.69 Å². The lowest BCUT2D eigenvalue weighted by Crippen LogP contribution is -2.23. The fourth-order valence-electron chi connectivity index (χ4n) is 3.45. The number of carbonyl (C=O) groups is 1. The van der Waals surface area contributed by atoms with E-state index < -0.39 is 17.0 Å². The molecule has 0 N–H and O–H groups in total. The predicted octanol–water partition coefficient (Wildman–Crippen LogP) is 3.58. The van der Waals surface area contributed by atoms with Crippen molar-refractivity contribution >= 4 is 17.4 Å². The highest BCUT2D eigenvalue weighted by atomic mass is 16.6. The first-order valence-electron chi connectivity index (χ1n) is 8.74. The zero-order valence-corrected chi connectivity index (χ0v) is 14.2. The number of ether oxygens (including phenoxy) is 2. The topological polar surface area (TPSA) is 91.0 Å². The molecule has 0 unspecified atom stereocenters. The fraction of sp³-hybridized carbons (Fsp3) is 0.556. The van der Waals surface area contributed by atoms with Gasteiger partial charge >= 0.3 is 5.97 Å². The van der Waals surface area contributed by atoms with Crippen LogP contribution in [0.25, 0.3) is 0 Å². The standard InChI is InChI=1S/C18H22N2O5/c1-2-24-18(21)15-16(12-8-10-14(11-9-12)20(22)23)25-17(19-15)13-6-4-3-5-7-13/h8-11,13,16-17H,2-7H2,1H3/t16-,17-/m1/s1. The lowest BCUT2D eigenvalue weighted by molar-refractivity contribution is -0.384. The minimum Gasteiger partial charge on any atom is -0.461 e. The number of nitro benzene ring substituents is 1. The van der Waals surface area contributed by atoms with Crippen molar-refractivity contribution in [2.45, 2.75) is 51.4 Å². The molecule has 0 spiro atoms. The van der Waals surface area contributed by atoms with Gasteiger partial charge in [-0.2, -0.15) is 0 Å². The summed E-state index contributed by atoms with van der Waals surface area (Å²) in [5, 5.41) is 10.8. The molecule has 1 aliphatic heterocycles. The Morgan fingerprint density at radius 1 is 1.28 bits per heavy atom. The number of hydrogen-bond donors (Lipinski definition) is 0. The molecule has 7 heteroatoms. The highest BCUT2D eigenvalue weighted by molar-refractivity contribution is 6.38. The van der Waals surface area contributed by atoms with Crippen LogP contribution in [0.2, 0.25) is 0 Å². The SMILES string of the molecule is CCOC(=O)C1=N[C@@H](C2CCCCC2)O[C@@H]1c1ccc([N+](=O)[O-])cc1. The normalized spacial score (nSPS) is 24.0.